The topological polar surface area (TPSA) is 114 Å². The van der Waals surface area contributed by atoms with Crippen LogP contribution in [0.15, 0.2) is 59.5 Å². The highest BCUT2D eigenvalue weighted by Crippen LogP contribution is 2.36. The number of rotatable bonds is 5. The minimum atomic E-state index is -1.14. The van der Waals surface area contributed by atoms with Gasteiger partial charge in [0.2, 0.25) is 5.91 Å². The third-order valence-electron chi connectivity index (χ3n) is 4.07. The van der Waals surface area contributed by atoms with Gasteiger partial charge in [-0.05, 0) is 31.2 Å². The lowest BCUT2D eigenvalue weighted by Gasteiger charge is -2.23. The molecule has 8 nitrogen and oxygen atoms in total. The van der Waals surface area contributed by atoms with Crippen LogP contribution < -0.4 is 16.2 Å². The van der Waals surface area contributed by atoms with Crippen LogP contribution >= 0.6 is 11.8 Å². The minimum Gasteiger partial charge on any atom is -0.452 e. The molecule has 2 aromatic carbocycles. The maximum atomic E-state index is 12.2. The van der Waals surface area contributed by atoms with E-state index in [0.29, 0.717) is 11.3 Å². The Labute approximate surface area is 171 Å². The molecule has 0 bridgehead atoms. The van der Waals surface area contributed by atoms with Crippen LogP contribution in [0.2, 0.25) is 0 Å². The summed E-state index contributed by atoms with van der Waals surface area (Å²) in [5.74, 6) is -2.16. The van der Waals surface area contributed by atoms with E-state index in [1.54, 1.807) is 36.4 Å². The van der Waals surface area contributed by atoms with Gasteiger partial charge >= 0.3 is 5.97 Å². The molecule has 0 unspecified atom stereocenters. The molecule has 1 heterocycles. The van der Waals surface area contributed by atoms with Crippen LogP contribution in [0.25, 0.3) is 0 Å². The maximum absolute atomic E-state index is 12.2. The Bertz CT molecular complexity index is 935. The minimum absolute atomic E-state index is 0.182. The molecular formula is C20H19N3O5S. The van der Waals surface area contributed by atoms with Crippen LogP contribution in [0.4, 0.5) is 5.69 Å². The fraction of sp³-hybridized carbons (Fsp3) is 0.200. The Kier molecular flexibility index (Phi) is 6.50. The number of amides is 3. The monoisotopic (exact) mass is 413 g/mol. The second kappa shape index (κ2) is 9.24. The van der Waals surface area contributed by atoms with Crippen LogP contribution in [-0.4, -0.2) is 35.0 Å². The Morgan fingerprint density at radius 2 is 1.76 bits per heavy atom. The average Bonchev–Trinajstić information content (AvgIpc) is 2.72. The van der Waals surface area contributed by atoms with Crippen molar-refractivity contribution in [2.24, 2.45) is 0 Å². The summed E-state index contributed by atoms with van der Waals surface area (Å²) in [5.41, 5.74) is 5.54. The van der Waals surface area contributed by atoms with Crippen molar-refractivity contribution in [3.63, 3.8) is 0 Å². The molecule has 2 atom stereocenters. The SMILES string of the molecule is C[C@@H](OC(=O)C[C@H]1Sc2ccccc2NC1=O)C(=O)NNC(=O)c1ccccc1. The van der Waals surface area contributed by atoms with E-state index in [1.165, 1.54) is 18.7 Å². The Morgan fingerprint density at radius 3 is 2.52 bits per heavy atom. The standard InChI is InChI=1S/C20H19N3O5S/c1-12(18(25)22-23-19(26)13-7-3-2-4-8-13)28-17(24)11-16-20(27)21-14-9-5-6-10-15(14)29-16/h2-10,12,16H,11H2,1H3,(H,21,27)(H,22,25)(H,23,26)/t12-,16-/m1/s1. The van der Waals surface area contributed by atoms with Crippen LogP contribution in [0, 0.1) is 0 Å². The van der Waals surface area contributed by atoms with Crippen LogP contribution in [0.1, 0.15) is 23.7 Å². The molecule has 0 saturated carbocycles. The number of hydrogen-bond donors (Lipinski definition) is 3. The van der Waals surface area contributed by atoms with Crippen molar-refractivity contribution in [1.29, 1.82) is 0 Å². The molecule has 9 heteroatoms. The average molecular weight is 413 g/mol. The molecule has 3 rings (SSSR count). The zero-order chi connectivity index (χ0) is 20.8. The smallest absolute Gasteiger partial charge is 0.308 e. The lowest BCUT2D eigenvalue weighted by Crippen LogP contribution is -2.47. The summed E-state index contributed by atoms with van der Waals surface area (Å²) in [4.78, 5) is 49.1. The number of ether oxygens (including phenoxy) is 1. The number of nitrogens with one attached hydrogen (secondary N) is 3. The van der Waals surface area contributed by atoms with Gasteiger partial charge in [-0.25, -0.2) is 0 Å². The number of anilines is 1. The third-order valence-corrected chi connectivity index (χ3v) is 5.35. The lowest BCUT2D eigenvalue weighted by atomic mass is 10.2. The van der Waals surface area contributed by atoms with Gasteiger partial charge in [0.1, 0.15) is 0 Å². The predicted octanol–water partition coefficient (Wildman–Crippen LogP) is 1.88. The van der Waals surface area contributed by atoms with E-state index in [0.717, 1.165) is 4.90 Å². The molecule has 29 heavy (non-hydrogen) atoms. The van der Waals surface area contributed by atoms with Gasteiger partial charge in [0.15, 0.2) is 6.10 Å². The largest absolute Gasteiger partial charge is 0.452 e. The van der Waals surface area contributed by atoms with Crippen molar-refractivity contribution < 1.29 is 23.9 Å². The Morgan fingerprint density at radius 1 is 1.07 bits per heavy atom. The molecule has 150 valence electrons. The van der Waals surface area contributed by atoms with Gasteiger partial charge in [0, 0.05) is 10.5 Å². The van der Waals surface area contributed by atoms with Gasteiger partial charge in [0.25, 0.3) is 11.8 Å². The molecule has 0 spiro atoms. The van der Waals surface area contributed by atoms with Gasteiger partial charge in [-0.3, -0.25) is 30.0 Å². The number of esters is 1. The molecule has 0 radical (unpaired) electrons. The summed E-state index contributed by atoms with van der Waals surface area (Å²) in [5, 5.41) is 2.10. The van der Waals surface area contributed by atoms with Gasteiger partial charge in [-0.2, -0.15) is 0 Å². The molecule has 0 saturated heterocycles. The first kappa shape index (κ1) is 20.4. The van der Waals surface area contributed by atoms with Crippen LogP contribution in [-0.2, 0) is 19.1 Å². The summed E-state index contributed by atoms with van der Waals surface area (Å²) < 4.78 is 5.09. The van der Waals surface area contributed by atoms with Crippen LogP contribution in [0.5, 0.6) is 0 Å². The maximum Gasteiger partial charge on any atom is 0.308 e. The first-order valence-corrected chi connectivity index (χ1v) is 9.73. The summed E-state index contributed by atoms with van der Waals surface area (Å²) in [7, 11) is 0. The molecule has 0 fully saturated rings. The van der Waals surface area contributed by atoms with E-state index < -0.39 is 29.1 Å². The quantitative estimate of drug-likeness (QED) is 0.510. The Hall–Kier alpha value is -3.33. The summed E-state index contributed by atoms with van der Waals surface area (Å²) in [6.45, 7) is 1.38. The van der Waals surface area contributed by atoms with Crippen LogP contribution in [0.3, 0.4) is 0 Å². The highest BCUT2D eigenvalue weighted by molar-refractivity contribution is 8.01. The van der Waals surface area contributed by atoms with Gasteiger partial charge in [0.05, 0.1) is 17.4 Å². The molecule has 0 aromatic heterocycles. The predicted molar refractivity (Wildman–Crippen MR) is 107 cm³/mol. The number of benzene rings is 2. The molecule has 1 aliphatic rings. The number of carbonyl (C=O) groups is 4. The van der Waals surface area contributed by atoms with Crippen molar-refractivity contribution in [2.45, 2.75) is 29.6 Å². The molecule has 3 N–H and O–H groups in total. The Balaban J connectivity index is 1.47. The second-order valence-electron chi connectivity index (χ2n) is 6.24. The summed E-state index contributed by atoms with van der Waals surface area (Å²) in [6.07, 6.45) is -1.32. The van der Waals surface area contributed by atoms with Crippen molar-refractivity contribution in [1.82, 2.24) is 10.9 Å². The number of para-hydroxylation sites is 1. The molecular weight excluding hydrogens is 394 g/mol. The third kappa shape index (κ3) is 5.35. The first-order valence-electron chi connectivity index (χ1n) is 8.85. The molecule has 3 amide bonds. The zero-order valence-electron chi connectivity index (χ0n) is 15.5. The normalized spacial score (nSPS) is 16.0. The number of fused-ring (bicyclic) bond motifs is 1. The first-order chi connectivity index (χ1) is 13.9. The van der Waals surface area contributed by atoms with Crippen molar-refractivity contribution in [2.75, 3.05) is 5.32 Å². The molecule has 0 aliphatic carbocycles. The van der Waals surface area contributed by atoms with E-state index in [9.17, 15) is 19.2 Å². The van der Waals surface area contributed by atoms with E-state index in [2.05, 4.69) is 16.2 Å². The number of carbonyl (C=O) groups excluding carboxylic acids is 4. The van der Waals surface area contributed by atoms with E-state index in [4.69, 9.17) is 4.74 Å². The number of hydrazine groups is 1. The molecule has 2 aromatic rings. The van der Waals surface area contributed by atoms with Gasteiger partial charge in [-0.15, -0.1) is 11.8 Å². The second-order valence-corrected chi connectivity index (χ2v) is 7.48. The fourth-order valence-corrected chi connectivity index (χ4v) is 3.65. The van der Waals surface area contributed by atoms with Gasteiger partial charge < -0.3 is 10.1 Å². The van der Waals surface area contributed by atoms with Crippen molar-refractivity contribution >= 4 is 41.1 Å². The lowest BCUT2D eigenvalue weighted by molar-refractivity contribution is -0.155. The zero-order valence-corrected chi connectivity index (χ0v) is 16.3. The van der Waals surface area contributed by atoms with E-state index in [1.807, 2.05) is 18.2 Å². The molecule has 1 aliphatic heterocycles. The van der Waals surface area contributed by atoms with E-state index >= 15 is 0 Å². The summed E-state index contributed by atoms with van der Waals surface area (Å²) >= 11 is 1.27. The fourth-order valence-electron chi connectivity index (χ4n) is 2.56. The van der Waals surface area contributed by atoms with Crippen molar-refractivity contribution in [3.05, 3.63) is 60.2 Å². The van der Waals surface area contributed by atoms with E-state index in [-0.39, 0.29) is 12.3 Å². The number of hydrogen-bond acceptors (Lipinski definition) is 6. The highest BCUT2D eigenvalue weighted by Gasteiger charge is 2.30. The highest BCUT2D eigenvalue weighted by atomic mass is 32.2. The van der Waals surface area contributed by atoms with Crippen molar-refractivity contribution in [3.8, 4) is 0 Å². The number of thioether (sulfide) groups is 1. The van der Waals surface area contributed by atoms with Gasteiger partial charge in [-0.1, -0.05) is 30.3 Å². The summed E-state index contributed by atoms with van der Waals surface area (Å²) in [6, 6.07) is 15.6.